The average molecular weight is 165 g/mol. The third kappa shape index (κ3) is 1.02. The summed E-state index contributed by atoms with van der Waals surface area (Å²) < 4.78 is 5.10. The summed E-state index contributed by atoms with van der Waals surface area (Å²) in [5.41, 5.74) is 1.12. The van der Waals surface area contributed by atoms with Gasteiger partial charge in [-0.05, 0) is 12.1 Å². The van der Waals surface area contributed by atoms with Gasteiger partial charge in [0.15, 0.2) is 5.58 Å². The largest absolute Gasteiger partial charge is 0.508 e. The fraction of sp³-hybridized carbons (Fsp3) is 0.125. The Balaban J connectivity index is 2.67. The number of rotatable bonds is 1. The molecule has 0 saturated heterocycles. The van der Waals surface area contributed by atoms with E-state index in [1.165, 1.54) is 12.1 Å². The number of oxazole rings is 1. The van der Waals surface area contributed by atoms with Gasteiger partial charge in [-0.3, -0.25) is 0 Å². The summed E-state index contributed by atoms with van der Waals surface area (Å²) in [6.45, 7) is -0.227. The maximum absolute atomic E-state index is 9.07. The highest BCUT2D eigenvalue weighted by molar-refractivity contribution is 5.74. The van der Waals surface area contributed by atoms with Gasteiger partial charge in [0, 0.05) is 6.07 Å². The SMILES string of the molecule is OCc1nc2cc(O)ccc2o1. The van der Waals surface area contributed by atoms with Crippen LogP contribution >= 0.6 is 0 Å². The molecule has 2 rings (SSSR count). The van der Waals surface area contributed by atoms with Gasteiger partial charge in [0.25, 0.3) is 0 Å². The highest BCUT2D eigenvalue weighted by Gasteiger charge is 2.03. The lowest BCUT2D eigenvalue weighted by molar-refractivity contribution is 0.244. The highest BCUT2D eigenvalue weighted by Crippen LogP contribution is 2.20. The van der Waals surface area contributed by atoms with Crippen LogP contribution in [0.15, 0.2) is 22.6 Å². The van der Waals surface area contributed by atoms with Crippen LogP contribution in [0.4, 0.5) is 0 Å². The Hall–Kier alpha value is -1.55. The Kier molecular flexibility index (Phi) is 1.48. The zero-order valence-electron chi connectivity index (χ0n) is 6.19. The number of phenolic OH excluding ortho intramolecular Hbond substituents is 1. The number of aromatic nitrogens is 1. The van der Waals surface area contributed by atoms with Crippen molar-refractivity contribution in [2.24, 2.45) is 0 Å². The maximum Gasteiger partial charge on any atom is 0.221 e. The van der Waals surface area contributed by atoms with E-state index < -0.39 is 0 Å². The van der Waals surface area contributed by atoms with Crippen LogP contribution in [0.5, 0.6) is 5.75 Å². The van der Waals surface area contributed by atoms with Crippen LogP contribution in [0.3, 0.4) is 0 Å². The van der Waals surface area contributed by atoms with Crippen LogP contribution in [0, 0.1) is 0 Å². The highest BCUT2D eigenvalue weighted by atomic mass is 16.4. The molecule has 1 aromatic carbocycles. The first-order chi connectivity index (χ1) is 5.79. The molecule has 0 spiro atoms. The average Bonchev–Trinajstić information content (AvgIpc) is 2.46. The van der Waals surface area contributed by atoms with E-state index in [9.17, 15) is 0 Å². The standard InChI is InChI=1S/C8H7NO3/c10-4-8-9-6-3-5(11)1-2-7(6)12-8/h1-3,10-11H,4H2. The van der Waals surface area contributed by atoms with E-state index in [1.807, 2.05) is 0 Å². The Labute approximate surface area is 68.1 Å². The molecule has 1 heterocycles. The van der Waals surface area contributed by atoms with Crippen molar-refractivity contribution in [3.8, 4) is 5.75 Å². The molecule has 0 radical (unpaired) electrons. The van der Waals surface area contributed by atoms with E-state index in [4.69, 9.17) is 14.6 Å². The topological polar surface area (TPSA) is 66.5 Å². The predicted octanol–water partition coefficient (Wildman–Crippen LogP) is 1.03. The Bertz CT molecular complexity index is 408. The molecule has 1 aromatic heterocycles. The molecule has 62 valence electrons. The third-order valence-electron chi connectivity index (χ3n) is 1.55. The summed E-state index contributed by atoms with van der Waals surface area (Å²) in [6, 6.07) is 4.60. The van der Waals surface area contributed by atoms with Crippen LogP contribution in [-0.2, 0) is 6.61 Å². The second-order valence-electron chi connectivity index (χ2n) is 2.42. The number of hydrogen-bond acceptors (Lipinski definition) is 4. The number of phenols is 1. The van der Waals surface area contributed by atoms with E-state index in [1.54, 1.807) is 6.07 Å². The minimum absolute atomic E-state index is 0.139. The molecule has 4 heteroatoms. The van der Waals surface area contributed by atoms with Crippen molar-refractivity contribution in [2.45, 2.75) is 6.61 Å². The summed E-state index contributed by atoms with van der Waals surface area (Å²) in [7, 11) is 0. The first-order valence-electron chi connectivity index (χ1n) is 3.49. The molecule has 12 heavy (non-hydrogen) atoms. The lowest BCUT2D eigenvalue weighted by atomic mass is 10.3. The predicted molar refractivity (Wildman–Crippen MR) is 41.6 cm³/mol. The van der Waals surface area contributed by atoms with Gasteiger partial charge < -0.3 is 14.6 Å². The number of aliphatic hydroxyl groups excluding tert-OH is 1. The Morgan fingerprint density at radius 2 is 2.25 bits per heavy atom. The first kappa shape index (κ1) is 7.12. The van der Waals surface area contributed by atoms with Crippen molar-refractivity contribution < 1.29 is 14.6 Å². The first-order valence-corrected chi connectivity index (χ1v) is 3.49. The van der Waals surface area contributed by atoms with E-state index >= 15 is 0 Å². The zero-order valence-corrected chi connectivity index (χ0v) is 6.19. The molecular weight excluding hydrogens is 158 g/mol. The number of fused-ring (bicyclic) bond motifs is 1. The van der Waals surface area contributed by atoms with E-state index in [2.05, 4.69) is 4.98 Å². The number of aliphatic hydroxyl groups is 1. The smallest absolute Gasteiger partial charge is 0.221 e. The van der Waals surface area contributed by atoms with Crippen LogP contribution in [0.1, 0.15) is 5.89 Å². The molecule has 4 nitrogen and oxygen atoms in total. The van der Waals surface area contributed by atoms with E-state index in [0.29, 0.717) is 11.1 Å². The monoisotopic (exact) mass is 165 g/mol. The zero-order chi connectivity index (χ0) is 8.55. The second-order valence-corrected chi connectivity index (χ2v) is 2.42. The second kappa shape index (κ2) is 2.49. The van der Waals surface area contributed by atoms with Crippen molar-refractivity contribution in [3.05, 3.63) is 24.1 Å². The third-order valence-corrected chi connectivity index (χ3v) is 1.55. The molecule has 0 fully saturated rings. The summed E-state index contributed by atoms with van der Waals surface area (Å²) >= 11 is 0. The summed E-state index contributed by atoms with van der Waals surface area (Å²) in [6.07, 6.45) is 0. The fourth-order valence-electron chi connectivity index (χ4n) is 1.03. The lowest BCUT2D eigenvalue weighted by Gasteiger charge is -1.87. The van der Waals surface area contributed by atoms with Crippen molar-refractivity contribution in [2.75, 3.05) is 0 Å². The number of nitrogens with zero attached hydrogens (tertiary/aromatic N) is 1. The fourth-order valence-corrected chi connectivity index (χ4v) is 1.03. The Morgan fingerprint density at radius 1 is 1.42 bits per heavy atom. The van der Waals surface area contributed by atoms with Crippen LogP contribution < -0.4 is 0 Å². The molecule has 0 aliphatic carbocycles. The van der Waals surface area contributed by atoms with Gasteiger partial charge in [-0.2, -0.15) is 0 Å². The van der Waals surface area contributed by atoms with E-state index in [0.717, 1.165) is 0 Å². The maximum atomic E-state index is 9.07. The number of aromatic hydroxyl groups is 1. The van der Waals surface area contributed by atoms with Gasteiger partial charge in [0.05, 0.1) is 0 Å². The molecule has 2 aromatic rings. The van der Waals surface area contributed by atoms with Crippen molar-refractivity contribution in [1.82, 2.24) is 4.98 Å². The number of benzene rings is 1. The Morgan fingerprint density at radius 3 is 3.00 bits per heavy atom. The quantitative estimate of drug-likeness (QED) is 0.662. The summed E-state index contributed by atoms with van der Waals surface area (Å²) in [4.78, 5) is 3.92. The molecule has 2 N–H and O–H groups in total. The number of hydrogen-bond donors (Lipinski definition) is 2. The van der Waals surface area contributed by atoms with Gasteiger partial charge in [0.2, 0.25) is 5.89 Å². The molecule has 0 atom stereocenters. The molecular formula is C8H7NO3. The molecule has 0 bridgehead atoms. The van der Waals surface area contributed by atoms with Crippen LogP contribution in [0.2, 0.25) is 0 Å². The van der Waals surface area contributed by atoms with Gasteiger partial charge in [-0.15, -0.1) is 0 Å². The molecule has 0 amide bonds. The van der Waals surface area contributed by atoms with Gasteiger partial charge in [0.1, 0.15) is 17.9 Å². The molecule has 0 unspecified atom stereocenters. The molecule has 0 aliphatic rings. The summed E-state index contributed by atoms with van der Waals surface area (Å²) in [5, 5.41) is 17.8. The van der Waals surface area contributed by atoms with Crippen molar-refractivity contribution in [3.63, 3.8) is 0 Å². The normalized spacial score (nSPS) is 10.8. The van der Waals surface area contributed by atoms with Gasteiger partial charge in [-0.25, -0.2) is 4.98 Å². The van der Waals surface area contributed by atoms with Crippen LogP contribution in [0.25, 0.3) is 11.1 Å². The summed E-state index contributed by atoms with van der Waals surface area (Å²) in [5.74, 6) is 0.399. The van der Waals surface area contributed by atoms with Gasteiger partial charge in [-0.1, -0.05) is 0 Å². The molecule has 0 aliphatic heterocycles. The van der Waals surface area contributed by atoms with E-state index in [-0.39, 0.29) is 18.2 Å². The van der Waals surface area contributed by atoms with Gasteiger partial charge >= 0.3 is 0 Å². The lowest BCUT2D eigenvalue weighted by Crippen LogP contribution is -1.78. The minimum atomic E-state index is -0.227. The molecule has 0 saturated carbocycles. The minimum Gasteiger partial charge on any atom is -0.508 e. The van der Waals surface area contributed by atoms with Crippen molar-refractivity contribution in [1.29, 1.82) is 0 Å². The van der Waals surface area contributed by atoms with Crippen molar-refractivity contribution >= 4 is 11.1 Å². The van der Waals surface area contributed by atoms with Crippen LogP contribution in [-0.4, -0.2) is 15.2 Å².